The maximum Gasteiger partial charge on any atom is 0.321 e. The van der Waals surface area contributed by atoms with Gasteiger partial charge in [0.2, 0.25) is 0 Å². The van der Waals surface area contributed by atoms with E-state index < -0.39 is 0 Å². The summed E-state index contributed by atoms with van der Waals surface area (Å²) in [6.07, 6.45) is 0. The lowest BCUT2D eigenvalue weighted by molar-refractivity contribution is 0.0957. The number of rotatable bonds is 4. The second kappa shape index (κ2) is 6.33. The molecule has 0 bridgehead atoms. The number of carbonyl (C=O) groups excluding carboxylic acids is 2. The molecule has 0 spiro atoms. The Kier molecular flexibility index (Phi) is 4.52. The highest BCUT2D eigenvalue weighted by atomic mass is 32.1. The molecule has 0 aliphatic rings. The van der Waals surface area contributed by atoms with E-state index in [1.807, 2.05) is 13.8 Å². The molecule has 0 atom stereocenters. The van der Waals surface area contributed by atoms with Crippen molar-refractivity contribution >= 4 is 38.6 Å². The number of carbonyl (C=O) groups is 2. The molecule has 2 rings (SSSR count). The summed E-state index contributed by atoms with van der Waals surface area (Å²) in [5, 5.41) is 8.47. The SMILES string of the molecule is CCNC(=O)Nc1nc2c[c]cc(C(=O)NCC)c2s1. The van der Waals surface area contributed by atoms with Crippen LogP contribution in [0.5, 0.6) is 0 Å². The number of nitrogens with zero attached hydrogens (tertiary/aromatic N) is 1. The Morgan fingerprint density at radius 2 is 2.00 bits per heavy atom. The van der Waals surface area contributed by atoms with E-state index >= 15 is 0 Å². The van der Waals surface area contributed by atoms with Gasteiger partial charge in [0.15, 0.2) is 5.13 Å². The Labute approximate surface area is 120 Å². The molecule has 1 heterocycles. The zero-order chi connectivity index (χ0) is 14.5. The number of hydrogen-bond acceptors (Lipinski definition) is 4. The van der Waals surface area contributed by atoms with Crippen LogP contribution in [0.1, 0.15) is 24.2 Å². The fraction of sp³-hybridized carbons (Fsp3) is 0.308. The molecule has 105 valence electrons. The van der Waals surface area contributed by atoms with Crippen LogP contribution in [0.4, 0.5) is 9.93 Å². The van der Waals surface area contributed by atoms with E-state index in [1.165, 1.54) is 11.3 Å². The first-order chi connectivity index (χ1) is 9.65. The van der Waals surface area contributed by atoms with E-state index in [0.29, 0.717) is 29.3 Å². The van der Waals surface area contributed by atoms with Crippen LogP contribution in [0.15, 0.2) is 12.1 Å². The van der Waals surface area contributed by atoms with Crippen molar-refractivity contribution in [1.82, 2.24) is 15.6 Å². The van der Waals surface area contributed by atoms with Gasteiger partial charge in [0.05, 0.1) is 15.8 Å². The summed E-state index contributed by atoms with van der Waals surface area (Å²) in [6, 6.07) is 5.90. The Balaban J connectivity index is 2.31. The van der Waals surface area contributed by atoms with Crippen molar-refractivity contribution in [1.29, 1.82) is 0 Å². The van der Waals surface area contributed by atoms with Crippen molar-refractivity contribution < 1.29 is 9.59 Å². The van der Waals surface area contributed by atoms with Gasteiger partial charge in [-0.2, -0.15) is 0 Å². The first kappa shape index (κ1) is 14.3. The number of fused-ring (bicyclic) bond motifs is 1. The fourth-order valence-corrected chi connectivity index (χ4v) is 2.62. The smallest absolute Gasteiger partial charge is 0.321 e. The third-order valence-electron chi connectivity index (χ3n) is 2.49. The quantitative estimate of drug-likeness (QED) is 0.805. The van der Waals surface area contributed by atoms with Crippen LogP contribution in [0.25, 0.3) is 10.2 Å². The van der Waals surface area contributed by atoms with Gasteiger partial charge >= 0.3 is 6.03 Å². The fourth-order valence-electron chi connectivity index (χ4n) is 1.67. The number of anilines is 1. The Bertz CT molecular complexity index is 638. The number of thiazole rings is 1. The lowest BCUT2D eigenvalue weighted by Gasteiger charge is -2.02. The van der Waals surface area contributed by atoms with Crippen molar-refractivity contribution in [3.8, 4) is 0 Å². The van der Waals surface area contributed by atoms with Gasteiger partial charge in [-0.05, 0) is 32.0 Å². The molecule has 0 fully saturated rings. The second-order valence-corrected chi connectivity index (χ2v) is 4.95. The minimum absolute atomic E-state index is 0.164. The third kappa shape index (κ3) is 3.05. The van der Waals surface area contributed by atoms with Gasteiger partial charge in [0, 0.05) is 13.1 Å². The molecule has 0 unspecified atom stereocenters. The Hall–Kier alpha value is -2.15. The van der Waals surface area contributed by atoms with E-state index in [2.05, 4.69) is 27.0 Å². The van der Waals surface area contributed by atoms with Crippen LogP contribution >= 0.6 is 11.3 Å². The van der Waals surface area contributed by atoms with Crippen molar-refractivity contribution in [3.05, 3.63) is 23.8 Å². The highest BCUT2D eigenvalue weighted by Crippen LogP contribution is 2.28. The van der Waals surface area contributed by atoms with Crippen molar-refractivity contribution in [3.63, 3.8) is 0 Å². The Morgan fingerprint density at radius 3 is 2.70 bits per heavy atom. The molecule has 3 N–H and O–H groups in total. The van der Waals surface area contributed by atoms with E-state index in [9.17, 15) is 9.59 Å². The molecule has 0 aliphatic carbocycles. The van der Waals surface area contributed by atoms with Crippen LogP contribution < -0.4 is 16.0 Å². The molecule has 1 aromatic heterocycles. The standard InChI is InChI=1S/C13H15N4O2S/c1-3-14-11(18)8-6-5-7-9-10(8)20-13(16-9)17-12(19)15-4-2/h6-7H,3-4H2,1-2H3,(H,14,18)(H2,15,16,17,19). The van der Waals surface area contributed by atoms with Gasteiger partial charge in [-0.3, -0.25) is 10.1 Å². The zero-order valence-electron chi connectivity index (χ0n) is 11.2. The van der Waals surface area contributed by atoms with Gasteiger partial charge in [-0.1, -0.05) is 11.3 Å². The number of urea groups is 1. The van der Waals surface area contributed by atoms with Crippen LogP contribution in [0.3, 0.4) is 0 Å². The summed E-state index contributed by atoms with van der Waals surface area (Å²) < 4.78 is 0.737. The van der Waals surface area contributed by atoms with Crippen LogP contribution in [-0.4, -0.2) is 30.0 Å². The summed E-state index contributed by atoms with van der Waals surface area (Å²) >= 11 is 1.27. The number of aromatic nitrogens is 1. The van der Waals surface area contributed by atoms with Gasteiger partial charge in [-0.15, -0.1) is 0 Å². The van der Waals surface area contributed by atoms with E-state index in [0.717, 1.165) is 4.70 Å². The van der Waals surface area contributed by atoms with Gasteiger partial charge in [-0.25, -0.2) is 9.78 Å². The maximum atomic E-state index is 11.9. The number of nitrogens with one attached hydrogen (secondary N) is 3. The molecule has 0 saturated carbocycles. The molecule has 0 aliphatic heterocycles. The van der Waals surface area contributed by atoms with Crippen molar-refractivity contribution in [2.24, 2.45) is 0 Å². The summed E-state index contributed by atoms with van der Waals surface area (Å²) in [7, 11) is 0. The third-order valence-corrected chi connectivity index (χ3v) is 3.51. The van der Waals surface area contributed by atoms with E-state index in [-0.39, 0.29) is 11.9 Å². The lowest BCUT2D eigenvalue weighted by Crippen LogP contribution is -2.28. The second-order valence-electron chi connectivity index (χ2n) is 3.95. The molecule has 0 saturated heterocycles. The average molecular weight is 291 g/mol. The summed E-state index contributed by atoms with van der Waals surface area (Å²) in [6.45, 7) is 4.78. The molecule has 1 radical (unpaired) electrons. The molecule has 1 aromatic carbocycles. The highest BCUT2D eigenvalue weighted by Gasteiger charge is 2.14. The molecule has 6 nitrogen and oxygen atoms in total. The maximum absolute atomic E-state index is 11.9. The summed E-state index contributed by atoms with van der Waals surface area (Å²) in [5.74, 6) is -0.164. The molecule has 3 amide bonds. The lowest BCUT2D eigenvalue weighted by atomic mass is 10.2. The monoisotopic (exact) mass is 291 g/mol. The summed E-state index contributed by atoms with van der Waals surface area (Å²) in [4.78, 5) is 27.7. The number of benzene rings is 1. The first-order valence-electron chi connectivity index (χ1n) is 6.29. The predicted octanol–water partition coefficient (Wildman–Crippen LogP) is 1.99. The normalized spacial score (nSPS) is 10.3. The van der Waals surface area contributed by atoms with Crippen LogP contribution in [0, 0.1) is 6.07 Å². The number of amides is 3. The van der Waals surface area contributed by atoms with Gasteiger partial charge in [0.1, 0.15) is 0 Å². The minimum atomic E-state index is -0.310. The number of hydrogen-bond donors (Lipinski definition) is 3. The van der Waals surface area contributed by atoms with Gasteiger partial charge < -0.3 is 10.6 Å². The van der Waals surface area contributed by atoms with Crippen LogP contribution in [0.2, 0.25) is 0 Å². The minimum Gasteiger partial charge on any atom is -0.352 e. The molecular formula is C13H15N4O2S. The molecular weight excluding hydrogens is 276 g/mol. The highest BCUT2D eigenvalue weighted by molar-refractivity contribution is 7.22. The molecule has 20 heavy (non-hydrogen) atoms. The van der Waals surface area contributed by atoms with Crippen molar-refractivity contribution in [2.75, 3.05) is 18.4 Å². The topological polar surface area (TPSA) is 83.1 Å². The summed E-state index contributed by atoms with van der Waals surface area (Å²) in [5.41, 5.74) is 1.16. The van der Waals surface area contributed by atoms with E-state index in [1.54, 1.807) is 12.1 Å². The van der Waals surface area contributed by atoms with E-state index in [4.69, 9.17) is 0 Å². The molecule has 7 heteroatoms. The van der Waals surface area contributed by atoms with Crippen LogP contribution in [-0.2, 0) is 0 Å². The first-order valence-corrected chi connectivity index (χ1v) is 7.11. The van der Waals surface area contributed by atoms with Crippen molar-refractivity contribution in [2.45, 2.75) is 13.8 Å². The largest absolute Gasteiger partial charge is 0.352 e. The van der Waals surface area contributed by atoms with Gasteiger partial charge in [0.25, 0.3) is 5.91 Å². The predicted molar refractivity (Wildman–Crippen MR) is 79.2 cm³/mol. The molecule has 2 aromatic rings. The average Bonchev–Trinajstić information content (AvgIpc) is 2.80. The zero-order valence-corrected chi connectivity index (χ0v) is 12.1. The Morgan fingerprint density at radius 1 is 1.25 bits per heavy atom.